The zero-order valence-corrected chi connectivity index (χ0v) is 17.4. The van der Waals surface area contributed by atoms with Gasteiger partial charge in [-0.3, -0.25) is 4.79 Å². The van der Waals surface area contributed by atoms with Crippen molar-refractivity contribution in [2.45, 2.75) is 77.3 Å². The number of carbonyl (C=O) groups excluding carboxylic acids is 2. The Hall–Kier alpha value is -0.983. The summed E-state index contributed by atoms with van der Waals surface area (Å²) >= 11 is 0. The van der Waals surface area contributed by atoms with Gasteiger partial charge in [0.25, 0.3) is 0 Å². The number of ether oxygens (including phenoxy) is 1. The molecule has 140 valence electrons. The molecule has 1 aliphatic heterocycles. The third-order valence-corrected chi connectivity index (χ3v) is 11.8. The normalized spacial score (nSPS) is 38.7. The summed E-state index contributed by atoms with van der Waals surface area (Å²) in [5, 5.41) is 11.5. The van der Waals surface area contributed by atoms with E-state index in [2.05, 4.69) is 33.9 Å². The second kappa shape index (κ2) is 5.27. The third kappa shape index (κ3) is 2.33. The van der Waals surface area contributed by atoms with Crippen LogP contribution in [0.4, 0.5) is 0 Å². The number of hydrogen-bond donors (Lipinski definition) is 1. The number of allylic oxidation sites excluding steroid dienone is 1. The van der Waals surface area contributed by atoms with Crippen molar-refractivity contribution in [2.75, 3.05) is 6.61 Å². The fraction of sp³-hybridized carbons (Fsp3) is 0.789. The van der Waals surface area contributed by atoms with Crippen LogP contribution in [0.3, 0.4) is 0 Å². The molecule has 1 saturated carbocycles. The van der Waals surface area contributed by atoms with Gasteiger partial charge >= 0.3 is 5.97 Å². The highest BCUT2D eigenvalue weighted by Crippen LogP contribution is 2.59. The molecule has 3 aliphatic rings. The minimum atomic E-state index is -2.22. The van der Waals surface area contributed by atoms with Gasteiger partial charge in [0, 0.05) is 6.42 Å². The standard InChI is InChI=1S/C19H30O5Si/c1-11-12-8-15(24-25(6,7)17(2,3)4)19(22)16(21)23-10-18(19,5)13(12)9-14(11)20/h13,15,22H,8-10H2,1-7H3/t13?,15-,18+,19-/m1/s1. The quantitative estimate of drug-likeness (QED) is 0.601. The molecule has 0 aromatic carbocycles. The first-order chi connectivity index (χ1) is 11.3. The molecule has 25 heavy (non-hydrogen) atoms. The predicted molar refractivity (Wildman–Crippen MR) is 96.5 cm³/mol. The molecule has 1 unspecified atom stereocenters. The second-order valence-corrected chi connectivity index (χ2v) is 14.4. The van der Waals surface area contributed by atoms with E-state index in [0.29, 0.717) is 12.8 Å². The lowest BCUT2D eigenvalue weighted by Crippen LogP contribution is -2.65. The monoisotopic (exact) mass is 366 g/mol. The van der Waals surface area contributed by atoms with Crippen LogP contribution < -0.4 is 0 Å². The van der Waals surface area contributed by atoms with Crippen molar-refractivity contribution in [3.05, 3.63) is 11.1 Å². The van der Waals surface area contributed by atoms with Crippen LogP contribution in [0.5, 0.6) is 0 Å². The fourth-order valence-electron chi connectivity index (χ4n) is 4.35. The molecule has 0 bridgehead atoms. The maximum absolute atomic E-state index is 12.6. The number of Topliss-reactive ketones (excluding diaryl/α,β-unsaturated/α-hetero) is 1. The Bertz CT molecular complexity index is 674. The largest absolute Gasteiger partial charge is 0.463 e. The van der Waals surface area contributed by atoms with Crippen molar-refractivity contribution in [1.82, 2.24) is 0 Å². The Morgan fingerprint density at radius 2 is 1.84 bits per heavy atom. The Morgan fingerprint density at radius 1 is 1.24 bits per heavy atom. The van der Waals surface area contributed by atoms with Crippen molar-refractivity contribution < 1.29 is 23.9 Å². The van der Waals surface area contributed by atoms with Gasteiger partial charge in [0.2, 0.25) is 0 Å². The SMILES string of the molecule is CC1=C2C[C@@H](O[Si](C)(C)C(C)(C)C)[C@@]3(O)C(=O)OC[C@@]3(C)C2CC1=O. The number of fused-ring (bicyclic) bond motifs is 3. The summed E-state index contributed by atoms with van der Waals surface area (Å²) in [6.45, 7) is 14.5. The molecule has 1 N–H and O–H groups in total. The number of esters is 1. The lowest BCUT2D eigenvalue weighted by molar-refractivity contribution is -0.180. The molecule has 2 aliphatic carbocycles. The first-order valence-electron chi connectivity index (χ1n) is 9.06. The van der Waals surface area contributed by atoms with E-state index in [0.717, 1.165) is 11.1 Å². The van der Waals surface area contributed by atoms with Gasteiger partial charge in [-0.05, 0) is 43.0 Å². The van der Waals surface area contributed by atoms with Crippen LogP contribution in [-0.4, -0.2) is 43.5 Å². The highest BCUT2D eigenvalue weighted by molar-refractivity contribution is 6.74. The summed E-state index contributed by atoms with van der Waals surface area (Å²) in [5.41, 5.74) is -0.699. The Morgan fingerprint density at radius 3 is 2.40 bits per heavy atom. The van der Waals surface area contributed by atoms with E-state index in [1.54, 1.807) is 0 Å². The summed E-state index contributed by atoms with van der Waals surface area (Å²) in [7, 11) is -2.22. The van der Waals surface area contributed by atoms with Gasteiger partial charge in [0.15, 0.2) is 19.7 Å². The molecule has 0 aromatic rings. The maximum Gasteiger partial charge on any atom is 0.341 e. The summed E-state index contributed by atoms with van der Waals surface area (Å²) < 4.78 is 11.9. The molecule has 0 radical (unpaired) electrons. The van der Waals surface area contributed by atoms with E-state index in [9.17, 15) is 14.7 Å². The number of ketones is 1. The minimum Gasteiger partial charge on any atom is -0.463 e. The zero-order valence-electron chi connectivity index (χ0n) is 16.4. The van der Waals surface area contributed by atoms with E-state index >= 15 is 0 Å². The van der Waals surface area contributed by atoms with Crippen LogP contribution in [-0.2, 0) is 18.8 Å². The van der Waals surface area contributed by atoms with Gasteiger partial charge in [-0.2, -0.15) is 0 Å². The molecule has 6 heteroatoms. The molecule has 0 amide bonds. The van der Waals surface area contributed by atoms with Gasteiger partial charge < -0.3 is 14.3 Å². The first-order valence-corrected chi connectivity index (χ1v) is 12.0. The van der Waals surface area contributed by atoms with Crippen molar-refractivity contribution in [2.24, 2.45) is 11.3 Å². The van der Waals surface area contributed by atoms with E-state index in [4.69, 9.17) is 9.16 Å². The van der Waals surface area contributed by atoms with Crippen LogP contribution in [0, 0.1) is 11.3 Å². The van der Waals surface area contributed by atoms with Crippen LogP contribution in [0.1, 0.15) is 47.5 Å². The smallest absolute Gasteiger partial charge is 0.341 e. The van der Waals surface area contributed by atoms with E-state index in [1.165, 1.54) is 0 Å². The second-order valence-electron chi connectivity index (χ2n) is 9.66. The van der Waals surface area contributed by atoms with Gasteiger partial charge in [-0.25, -0.2) is 4.79 Å². The highest BCUT2D eigenvalue weighted by Gasteiger charge is 2.71. The van der Waals surface area contributed by atoms with Gasteiger partial charge in [-0.1, -0.05) is 33.3 Å². The Balaban J connectivity index is 2.09. The lowest BCUT2D eigenvalue weighted by atomic mass is 9.57. The van der Waals surface area contributed by atoms with Crippen molar-refractivity contribution in [3.8, 4) is 0 Å². The molecule has 4 atom stereocenters. The van der Waals surface area contributed by atoms with Crippen LogP contribution in [0.25, 0.3) is 0 Å². The number of cyclic esters (lactones) is 1. The van der Waals surface area contributed by atoms with Gasteiger partial charge in [0.05, 0.1) is 11.5 Å². The highest BCUT2D eigenvalue weighted by atomic mass is 28.4. The Labute approximate surface area is 150 Å². The van der Waals surface area contributed by atoms with Crippen LogP contribution in [0.2, 0.25) is 18.1 Å². The summed E-state index contributed by atoms with van der Waals surface area (Å²) in [6, 6.07) is 0. The van der Waals surface area contributed by atoms with E-state index in [1.807, 2.05) is 13.8 Å². The summed E-state index contributed by atoms with van der Waals surface area (Å²) in [5.74, 6) is -0.638. The molecule has 1 heterocycles. The maximum atomic E-state index is 12.6. The van der Waals surface area contributed by atoms with Crippen molar-refractivity contribution in [3.63, 3.8) is 0 Å². The zero-order chi connectivity index (χ0) is 19.0. The van der Waals surface area contributed by atoms with Crippen molar-refractivity contribution >= 4 is 20.1 Å². The number of rotatable bonds is 2. The number of carbonyl (C=O) groups is 2. The van der Waals surface area contributed by atoms with Crippen molar-refractivity contribution in [1.29, 1.82) is 0 Å². The average Bonchev–Trinajstić information content (AvgIpc) is 2.89. The van der Waals surface area contributed by atoms with E-state index in [-0.39, 0.29) is 23.3 Å². The molecule has 1 saturated heterocycles. The molecular weight excluding hydrogens is 336 g/mol. The minimum absolute atomic E-state index is 0.0476. The van der Waals surface area contributed by atoms with E-state index < -0.39 is 31.4 Å². The molecule has 5 nitrogen and oxygen atoms in total. The van der Waals surface area contributed by atoms with Gasteiger partial charge in [-0.15, -0.1) is 0 Å². The van der Waals surface area contributed by atoms with Crippen LogP contribution >= 0.6 is 0 Å². The summed E-state index contributed by atoms with van der Waals surface area (Å²) in [6.07, 6.45) is 0.111. The molecule has 0 aromatic heterocycles. The average molecular weight is 367 g/mol. The number of aliphatic hydroxyl groups is 1. The Kier molecular flexibility index (Phi) is 3.96. The topological polar surface area (TPSA) is 72.8 Å². The summed E-state index contributed by atoms with van der Waals surface area (Å²) in [4.78, 5) is 24.9. The molecule has 2 fully saturated rings. The molecule has 3 rings (SSSR count). The predicted octanol–water partition coefficient (Wildman–Crippen LogP) is 2.98. The lowest BCUT2D eigenvalue weighted by Gasteiger charge is -2.52. The first kappa shape index (κ1) is 18.8. The molecular formula is C19H30O5Si. The molecule has 0 spiro atoms. The third-order valence-electron chi connectivity index (χ3n) is 7.28. The number of hydrogen-bond acceptors (Lipinski definition) is 5. The van der Waals surface area contributed by atoms with Crippen LogP contribution in [0.15, 0.2) is 11.1 Å². The van der Waals surface area contributed by atoms with Gasteiger partial charge in [0.1, 0.15) is 6.61 Å². The fourth-order valence-corrected chi connectivity index (χ4v) is 5.67.